The fourth-order valence-electron chi connectivity index (χ4n) is 2.02. The van der Waals surface area contributed by atoms with E-state index in [-0.39, 0.29) is 5.56 Å². The number of ether oxygens (including phenoxy) is 1. The SMILES string of the molecule is COc1ccc(NCCc2ccc(C(C)(F)F)cc2)cc1. The van der Waals surface area contributed by atoms with Crippen LogP contribution in [0.4, 0.5) is 14.5 Å². The van der Waals surface area contributed by atoms with Crippen molar-refractivity contribution < 1.29 is 13.5 Å². The number of hydrogen-bond donors (Lipinski definition) is 1. The summed E-state index contributed by atoms with van der Waals surface area (Å²) in [7, 11) is 1.63. The van der Waals surface area contributed by atoms with E-state index in [9.17, 15) is 8.78 Å². The molecular formula is C17H19F2NO. The summed E-state index contributed by atoms with van der Waals surface area (Å²) >= 11 is 0. The highest BCUT2D eigenvalue weighted by molar-refractivity contribution is 5.46. The molecule has 4 heteroatoms. The van der Waals surface area contributed by atoms with Gasteiger partial charge in [0.1, 0.15) is 5.75 Å². The second kappa shape index (κ2) is 6.57. The molecular weight excluding hydrogens is 272 g/mol. The maximum atomic E-state index is 13.1. The first kappa shape index (κ1) is 15.3. The zero-order valence-electron chi connectivity index (χ0n) is 12.2. The van der Waals surface area contributed by atoms with Crippen molar-refractivity contribution in [2.45, 2.75) is 19.3 Å². The van der Waals surface area contributed by atoms with E-state index in [1.807, 2.05) is 24.3 Å². The Hall–Kier alpha value is -2.10. The highest BCUT2D eigenvalue weighted by Crippen LogP contribution is 2.26. The molecule has 1 N–H and O–H groups in total. The first-order valence-corrected chi connectivity index (χ1v) is 6.84. The first-order valence-electron chi connectivity index (χ1n) is 6.84. The molecule has 0 bridgehead atoms. The topological polar surface area (TPSA) is 21.3 Å². The molecule has 0 saturated carbocycles. The van der Waals surface area contributed by atoms with Gasteiger partial charge >= 0.3 is 0 Å². The minimum Gasteiger partial charge on any atom is -0.497 e. The van der Waals surface area contributed by atoms with Gasteiger partial charge in [-0.2, -0.15) is 0 Å². The molecule has 0 radical (unpaired) electrons. The predicted molar refractivity (Wildman–Crippen MR) is 81.2 cm³/mol. The number of alkyl halides is 2. The maximum absolute atomic E-state index is 13.1. The van der Waals surface area contributed by atoms with Gasteiger partial charge in [0.05, 0.1) is 7.11 Å². The van der Waals surface area contributed by atoms with Gasteiger partial charge in [0.2, 0.25) is 0 Å². The third kappa shape index (κ3) is 4.45. The summed E-state index contributed by atoms with van der Waals surface area (Å²) in [6.07, 6.45) is 0.779. The minimum absolute atomic E-state index is 0.0503. The van der Waals surface area contributed by atoms with Crippen LogP contribution in [0.5, 0.6) is 5.75 Å². The molecule has 2 aromatic rings. The zero-order valence-corrected chi connectivity index (χ0v) is 12.2. The number of rotatable bonds is 6. The number of methoxy groups -OCH3 is 1. The van der Waals surface area contributed by atoms with Crippen molar-refractivity contribution in [3.63, 3.8) is 0 Å². The Balaban J connectivity index is 1.85. The van der Waals surface area contributed by atoms with E-state index < -0.39 is 5.92 Å². The van der Waals surface area contributed by atoms with Gasteiger partial charge in [-0.05, 0) is 36.2 Å². The number of hydrogen-bond acceptors (Lipinski definition) is 2. The normalized spacial score (nSPS) is 11.2. The number of anilines is 1. The lowest BCUT2D eigenvalue weighted by atomic mass is 10.1. The molecule has 0 aromatic heterocycles. The molecule has 0 heterocycles. The Morgan fingerprint density at radius 2 is 1.62 bits per heavy atom. The van der Waals surface area contributed by atoms with Crippen LogP contribution in [-0.4, -0.2) is 13.7 Å². The summed E-state index contributed by atoms with van der Waals surface area (Å²) in [5.74, 6) is -1.96. The van der Waals surface area contributed by atoms with Crippen molar-refractivity contribution in [3.05, 3.63) is 59.7 Å². The molecule has 0 spiro atoms. The van der Waals surface area contributed by atoms with Crippen LogP contribution >= 0.6 is 0 Å². The average Bonchev–Trinajstić information content (AvgIpc) is 2.47. The summed E-state index contributed by atoms with van der Waals surface area (Å²) in [4.78, 5) is 0. The summed E-state index contributed by atoms with van der Waals surface area (Å²) in [5.41, 5.74) is 2.09. The zero-order chi connectivity index (χ0) is 15.3. The van der Waals surface area contributed by atoms with Gasteiger partial charge in [0, 0.05) is 24.7 Å². The van der Waals surface area contributed by atoms with Crippen LogP contribution in [0.3, 0.4) is 0 Å². The molecule has 0 aliphatic heterocycles. The Labute approximate surface area is 123 Å². The Morgan fingerprint density at radius 1 is 1.00 bits per heavy atom. The third-order valence-electron chi connectivity index (χ3n) is 3.29. The maximum Gasteiger partial charge on any atom is 0.270 e. The second-order valence-electron chi connectivity index (χ2n) is 4.99. The Bertz CT molecular complexity index is 559. The van der Waals surface area contributed by atoms with E-state index in [4.69, 9.17) is 4.74 Å². The van der Waals surface area contributed by atoms with Gasteiger partial charge in [-0.3, -0.25) is 0 Å². The molecule has 0 aliphatic rings. The molecule has 2 rings (SSSR count). The Kier molecular flexibility index (Phi) is 4.78. The lowest BCUT2D eigenvalue weighted by Crippen LogP contribution is -2.08. The average molecular weight is 291 g/mol. The van der Waals surface area contributed by atoms with Crippen LogP contribution in [0.1, 0.15) is 18.1 Å². The fraction of sp³-hybridized carbons (Fsp3) is 0.294. The molecule has 0 saturated heterocycles. The molecule has 0 fully saturated rings. The van der Waals surface area contributed by atoms with Gasteiger partial charge in [-0.25, -0.2) is 8.78 Å². The first-order chi connectivity index (χ1) is 9.99. The van der Waals surface area contributed by atoms with Gasteiger partial charge < -0.3 is 10.1 Å². The summed E-state index contributed by atoms with van der Waals surface area (Å²) in [6.45, 7) is 1.65. The van der Waals surface area contributed by atoms with Crippen molar-refractivity contribution >= 4 is 5.69 Å². The van der Waals surface area contributed by atoms with Crippen molar-refractivity contribution in [2.75, 3.05) is 19.0 Å². The molecule has 112 valence electrons. The Morgan fingerprint density at radius 3 is 2.14 bits per heavy atom. The largest absolute Gasteiger partial charge is 0.497 e. The summed E-state index contributed by atoms with van der Waals surface area (Å²) < 4.78 is 31.3. The van der Waals surface area contributed by atoms with Crippen molar-refractivity contribution in [1.29, 1.82) is 0 Å². The van der Waals surface area contributed by atoms with Gasteiger partial charge in [-0.1, -0.05) is 24.3 Å². The van der Waals surface area contributed by atoms with Crippen LogP contribution in [0, 0.1) is 0 Å². The van der Waals surface area contributed by atoms with E-state index in [0.717, 1.165) is 36.9 Å². The van der Waals surface area contributed by atoms with Crippen LogP contribution in [0.15, 0.2) is 48.5 Å². The van der Waals surface area contributed by atoms with Crippen LogP contribution in [0.2, 0.25) is 0 Å². The van der Waals surface area contributed by atoms with E-state index in [0.29, 0.717) is 0 Å². The van der Waals surface area contributed by atoms with Crippen molar-refractivity contribution in [1.82, 2.24) is 0 Å². The van der Waals surface area contributed by atoms with E-state index >= 15 is 0 Å². The van der Waals surface area contributed by atoms with Gasteiger partial charge in [0.25, 0.3) is 5.92 Å². The number of nitrogens with one attached hydrogen (secondary N) is 1. The fourth-order valence-corrected chi connectivity index (χ4v) is 2.02. The molecule has 2 aromatic carbocycles. The summed E-state index contributed by atoms with van der Waals surface area (Å²) in [5, 5.41) is 3.29. The minimum atomic E-state index is -2.78. The van der Waals surface area contributed by atoms with Crippen molar-refractivity contribution in [2.24, 2.45) is 0 Å². The molecule has 0 atom stereocenters. The lowest BCUT2D eigenvalue weighted by Gasteiger charge is -2.11. The smallest absolute Gasteiger partial charge is 0.270 e. The third-order valence-corrected chi connectivity index (χ3v) is 3.29. The molecule has 0 aliphatic carbocycles. The van der Waals surface area contributed by atoms with Crippen LogP contribution in [0.25, 0.3) is 0 Å². The molecule has 0 amide bonds. The number of halogens is 2. The van der Waals surface area contributed by atoms with Gasteiger partial charge in [-0.15, -0.1) is 0 Å². The molecule has 0 unspecified atom stereocenters. The number of benzene rings is 2. The highest BCUT2D eigenvalue weighted by Gasteiger charge is 2.23. The predicted octanol–water partition coefficient (Wildman–Crippen LogP) is 4.46. The monoisotopic (exact) mass is 291 g/mol. The van der Waals surface area contributed by atoms with E-state index in [2.05, 4.69) is 5.32 Å². The quantitative estimate of drug-likeness (QED) is 0.848. The standard InChI is InChI=1S/C17H19F2NO/c1-17(18,19)14-5-3-13(4-6-14)11-12-20-15-7-9-16(21-2)10-8-15/h3-10,20H,11-12H2,1-2H3. The summed E-state index contributed by atoms with van der Waals surface area (Å²) in [6, 6.07) is 14.1. The van der Waals surface area contributed by atoms with Crippen molar-refractivity contribution in [3.8, 4) is 5.75 Å². The molecule has 2 nitrogen and oxygen atoms in total. The van der Waals surface area contributed by atoms with Crippen LogP contribution < -0.4 is 10.1 Å². The van der Waals surface area contributed by atoms with E-state index in [1.54, 1.807) is 19.2 Å². The lowest BCUT2D eigenvalue weighted by molar-refractivity contribution is 0.0174. The molecule has 21 heavy (non-hydrogen) atoms. The highest BCUT2D eigenvalue weighted by atomic mass is 19.3. The van der Waals surface area contributed by atoms with Gasteiger partial charge in [0.15, 0.2) is 0 Å². The second-order valence-corrected chi connectivity index (χ2v) is 4.99. The van der Waals surface area contributed by atoms with Crippen LogP contribution in [-0.2, 0) is 12.3 Å². The van der Waals surface area contributed by atoms with E-state index in [1.165, 1.54) is 12.1 Å².